The van der Waals surface area contributed by atoms with Gasteiger partial charge in [-0.15, -0.1) is 11.8 Å². The number of hydrogen-bond acceptors (Lipinski definition) is 3. The highest BCUT2D eigenvalue weighted by Gasteiger charge is 2.20. The van der Waals surface area contributed by atoms with Crippen LogP contribution in [0.1, 0.15) is 12.0 Å². The smallest absolute Gasteiger partial charge is 0.125 e. The fourth-order valence-corrected chi connectivity index (χ4v) is 2.92. The van der Waals surface area contributed by atoms with Gasteiger partial charge in [-0.2, -0.15) is 0 Å². The van der Waals surface area contributed by atoms with E-state index < -0.39 is 0 Å². The summed E-state index contributed by atoms with van der Waals surface area (Å²) in [7, 11) is 0. The summed E-state index contributed by atoms with van der Waals surface area (Å²) >= 11 is 1.91. The summed E-state index contributed by atoms with van der Waals surface area (Å²) in [5.74, 6) is 1.12. The molecule has 0 aromatic heterocycles. The second-order valence-electron chi connectivity index (χ2n) is 3.52. The van der Waals surface area contributed by atoms with Crippen LogP contribution in [0.3, 0.4) is 0 Å². The summed E-state index contributed by atoms with van der Waals surface area (Å²) in [5, 5.41) is 7.93. The molecule has 0 N–H and O–H groups in total. The molecule has 0 saturated heterocycles. The van der Waals surface area contributed by atoms with Crippen molar-refractivity contribution in [2.24, 2.45) is 5.10 Å². The molecule has 3 rings (SSSR count). The van der Waals surface area contributed by atoms with Crippen molar-refractivity contribution in [3.8, 4) is 0 Å². The fraction of sp³-hybridized carbons (Fsp3) is 0.167. The van der Waals surface area contributed by atoms with Crippen molar-refractivity contribution < 1.29 is 0 Å². The third-order valence-corrected chi connectivity index (χ3v) is 3.69. The van der Waals surface area contributed by atoms with Gasteiger partial charge in [-0.3, -0.25) is 0 Å². The number of rotatable bonds is 0. The normalized spacial score (nSPS) is 18.4. The molecule has 0 fully saturated rings. The van der Waals surface area contributed by atoms with Gasteiger partial charge in [0.25, 0.3) is 6.21 Å². The van der Waals surface area contributed by atoms with Gasteiger partial charge < -0.3 is 0 Å². The minimum Gasteiger partial charge on any atom is -0.125 e. The molecule has 0 amide bonds. The van der Waals surface area contributed by atoms with Crippen LogP contribution < -0.4 is 5.10 Å². The van der Waals surface area contributed by atoms with Gasteiger partial charge in [0.15, 0.2) is 0 Å². The van der Waals surface area contributed by atoms with Crippen molar-refractivity contribution in [3.63, 3.8) is 0 Å². The highest BCUT2D eigenvalue weighted by Crippen LogP contribution is 2.34. The maximum Gasteiger partial charge on any atom is 0.281 e. The van der Waals surface area contributed by atoms with Crippen LogP contribution in [0.5, 0.6) is 0 Å². The van der Waals surface area contributed by atoms with Gasteiger partial charge in [-0.25, -0.2) is 0 Å². The Labute approximate surface area is 92.8 Å². The lowest BCUT2D eigenvalue weighted by Crippen LogP contribution is -2.03. The number of nitrogens with zero attached hydrogens (tertiary/aromatic N) is 2. The summed E-state index contributed by atoms with van der Waals surface area (Å²) < 4.78 is 0. The molecule has 0 spiro atoms. The van der Waals surface area contributed by atoms with Crippen LogP contribution in [0.2, 0.25) is 0 Å². The molecule has 0 aliphatic carbocycles. The Bertz CT molecular complexity index is 486. The van der Waals surface area contributed by atoms with E-state index in [0.29, 0.717) is 0 Å². The maximum atomic E-state index is 3.98. The highest BCUT2D eigenvalue weighted by molar-refractivity contribution is 7.99. The topological polar surface area (TPSA) is 26.5 Å². The van der Waals surface area contributed by atoms with Gasteiger partial charge in [-0.05, 0) is 18.1 Å². The van der Waals surface area contributed by atoms with Crippen LogP contribution in [0, 0.1) is 0 Å². The molecular weight excluding hydrogens is 204 g/mol. The van der Waals surface area contributed by atoms with Crippen molar-refractivity contribution in [2.45, 2.75) is 11.3 Å². The Kier molecular flexibility index (Phi) is 2.18. The fourth-order valence-electron chi connectivity index (χ4n) is 1.87. The van der Waals surface area contributed by atoms with E-state index in [2.05, 4.69) is 34.5 Å². The van der Waals surface area contributed by atoms with E-state index in [1.54, 1.807) is 0 Å². The lowest BCUT2D eigenvalue weighted by Gasteiger charge is -2.05. The molecule has 0 unspecified atom stereocenters. The molecule has 2 aliphatic rings. The van der Waals surface area contributed by atoms with Gasteiger partial charge in [0.05, 0.1) is 5.10 Å². The maximum absolute atomic E-state index is 3.98. The first kappa shape index (κ1) is 8.92. The zero-order chi connectivity index (χ0) is 10.1. The molecule has 0 saturated carbocycles. The lowest BCUT2D eigenvalue weighted by atomic mass is 9.99. The summed E-state index contributed by atoms with van der Waals surface area (Å²) in [6, 6.07) is 8.50. The molecule has 1 radical (unpaired) electrons. The third-order valence-electron chi connectivity index (χ3n) is 2.62. The van der Waals surface area contributed by atoms with E-state index in [1.807, 2.05) is 24.2 Å². The zero-order valence-electron chi connectivity index (χ0n) is 8.18. The zero-order valence-corrected chi connectivity index (χ0v) is 9.00. The Balaban J connectivity index is 2.23. The molecule has 73 valence electrons. The van der Waals surface area contributed by atoms with Crippen molar-refractivity contribution >= 4 is 29.8 Å². The molecule has 2 heterocycles. The molecule has 1 aromatic carbocycles. The molecule has 3 heteroatoms. The predicted octanol–water partition coefficient (Wildman–Crippen LogP) is 2.34. The van der Waals surface area contributed by atoms with Crippen LogP contribution in [0.15, 0.2) is 39.8 Å². The Morgan fingerprint density at radius 2 is 2.20 bits per heavy atom. The Hall–Kier alpha value is -1.35. The van der Waals surface area contributed by atoms with Gasteiger partial charge >= 0.3 is 0 Å². The summed E-state index contributed by atoms with van der Waals surface area (Å²) in [6.07, 6.45) is 4.84. The van der Waals surface area contributed by atoms with Crippen molar-refractivity contribution in [1.82, 2.24) is 5.10 Å². The largest absolute Gasteiger partial charge is 0.281 e. The number of fused-ring (bicyclic) bond motifs is 2. The molecular formula is C12H10N2S+. The van der Waals surface area contributed by atoms with E-state index >= 15 is 0 Å². The van der Waals surface area contributed by atoms with E-state index in [0.717, 1.165) is 12.2 Å². The third kappa shape index (κ3) is 1.53. The molecule has 1 aromatic rings. The quantitative estimate of drug-likeness (QED) is 0.651. The number of benzene rings is 1. The average Bonchev–Trinajstić information content (AvgIpc) is 2.48. The van der Waals surface area contributed by atoms with E-state index in [4.69, 9.17) is 0 Å². The van der Waals surface area contributed by atoms with Crippen LogP contribution in [0.4, 0.5) is 0 Å². The van der Waals surface area contributed by atoms with Crippen molar-refractivity contribution in [2.75, 3.05) is 5.75 Å². The monoisotopic (exact) mass is 214 g/mol. The van der Waals surface area contributed by atoms with E-state index in [-0.39, 0.29) is 0 Å². The molecule has 2 nitrogen and oxygen atoms in total. The van der Waals surface area contributed by atoms with E-state index in [1.165, 1.54) is 21.6 Å². The van der Waals surface area contributed by atoms with Gasteiger partial charge in [0, 0.05) is 21.8 Å². The predicted molar refractivity (Wildman–Crippen MR) is 65.4 cm³/mol. The second kappa shape index (κ2) is 3.66. The summed E-state index contributed by atoms with van der Waals surface area (Å²) in [4.78, 5) is 1.35. The van der Waals surface area contributed by atoms with Crippen molar-refractivity contribution in [3.05, 3.63) is 35.4 Å². The first-order valence-corrected chi connectivity index (χ1v) is 5.95. The number of hydrogen-bond donors (Lipinski definition) is 0. The average molecular weight is 214 g/mol. The standard InChI is InChI=1S/C12H10N2S/c1-2-4-12-10(3-1)11-8-14-13-7-9(11)5-6-15-12/h1-4,7-8H,5-6H2/q+1. The van der Waals surface area contributed by atoms with Crippen LogP contribution in [-0.2, 0) is 0 Å². The van der Waals surface area contributed by atoms with Gasteiger partial charge in [-0.1, -0.05) is 18.2 Å². The Morgan fingerprint density at radius 3 is 3.20 bits per heavy atom. The van der Waals surface area contributed by atoms with E-state index in [9.17, 15) is 0 Å². The second-order valence-corrected chi connectivity index (χ2v) is 4.66. The first-order chi connectivity index (χ1) is 7.45. The van der Waals surface area contributed by atoms with Crippen LogP contribution >= 0.6 is 11.8 Å². The van der Waals surface area contributed by atoms with Gasteiger partial charge in [0.2, 0.25) is 5.10 Å². The van der Waals surface area contributed by atoms with Crippen LogP contribution in [0.25, 0.3) is 5.57 Å². The molecule has 2 aliphatic heterocycles. The summed E-state index contributed by atoms with van der Waals surface area (Å²) in [5.41, 5.74) is 3.85. The lowest BCUT2D eigenvalue weighted by molar-refractivity contribution is 1.09. The number of allylic oxidation sites excluding steroid dienone is 2. The molecule has 15 heavy (non-hydrogen) atoms. The SMILES string of the molecule is C1=N[N+]=CC2=C1c1ccccc1SCC2. The summed E-state index contributed by atoms with van der Waals surface area (Å²) in [6.45, 7) is 0. The first-order valence-electron chi connectivity index (χ1n) is 4.97. The van der Waals surface area contributed by atoms with Gasteiger partial charge in [0.1, 0.15) is 6.21 Å². The molecule has 0 atom stereocenters. The highest BCUT2D eigenvalue weighted by atomic mass is 32.2. The molecule has 0 bridgehead atoms. The number of thioether (sulfide) groups is 1. The van der Waals surface area contributed by atoms with Crippen LogP contribution in [-0.4, -0.2) is 18.2 Å². The minimum atomic E-state index is 1.07. The Morgan fingerprint density at radius 1 is 1.27 bits per heavy atom. The van der Waals surface area contributed by atoms with Crippen molar-refractivity contribution in [1.29, 1.82) is 0 Å². The minimum absolute atomic E-state index is 1.07.